The molecular formula is C18H14O3. The quantitative estimate of drug-likeness (QED) is 0.678. The summed E-state index contributed by atoms with van der Waals surface area (Å²) in [6.07, 6.45) is -0.891. The monoisotopic (exact) mass is 278 g/mol. The van der Waals surface area contributed by atoms with Crippen molar-refractivity contribution in [3.8, 4) is 23.7 Å². The minimum absolute atomic E-state index is 0.0100. The Balaban J connectivity index is 2.05. The molecule has 3 heteroatoms. The van der Waals surface area contributed by atoms with E-state index in [0.29, 0.717) is 0 Å². The lowest BCUT2D eigenvalue weighted by atomic mass is 10.0. The van der Waals surface area contributed by atoms with E-state index in [1.807, 2.05) is 42.5 Å². The van der Waals surface area contributed by atoms with Crippen LogP contribution in [0.2, 0.25) is 0 Å². The molecule has 104 valence electrons. The summed E-state index contributed by atoms with van der Waals surface area (Å²) >= 11 is 0. The molecule has 0 aliphatic rings. The molecule has 0 unspecified atom stereocenters. The van der Waals surface area contributed by atoms with Gasteiger partial charge in [0.25, 0.3) is 0 Å². The Hall–Kier alpha value is -2.75. The molecule has 0 fully saturated rings. The molecule has 0 bridgehead atoms. The van der Waals surface area contributed by atoms with Crippen molar-refractivity contribution in [2.45, 2.75) is 13.0 Å². The second kappa shape index (κ2) is 7.14. The average Bonchev–Trinajstić information content (AvgIpc) is 2.49. The number of carbonyl (C=O) groups is 1. The number of hydrogen-bond donors (Lipinski definition) is 1. The van der Waals surface area contributed by atoms with Crippen LogP contribution in [0.25, 0.3) is 10.8 Å². The summed E-state index contributed by atoms with van der Waals surface area (Å²) < 4.78 is 4.64. The van der Waals surface area contributed by atoms with Gasteiger partial charge in [0.1, 0.15) is 6.10 Å². The van der Waals surface area contributed by atoms with E-state index in [2.05, 4.69) is 28.4 Å². The maximum Gasteiger partial charge on any atom is 0.303 e. The van der Waals surface area contributed by atoms with Crippen LogP contribution in [0.5, 0.6) is 0 Å². The zero-order valence-corrected chi connectivity index (χ0v) is 11.6. The van der Waals surface area contributed by atoms with Crippen molar-refractivity contribution in [1.82, 2.24) is 0 Å². The second-order valence-corrected chi connectivity index (χ2v) is 4.36. The molecule has 0 saturated carbocycles. The first kappa shape index (κ1) is 14.7. The summed E-state index contributed by atoms with van der Waals surface area (Å²) in [5, 5.41) is 12.2. The highest BCUT2D eigenvalue weighted by Gasteiger charge is 2.03. The smallest absolute Gasteiger partial charge is 0.303 e. The highest BCUT2D eigenvalue weighted by Crippen LogP contribution is 2.19. The summed E-state index contributed by atoms with van der Waals surface area (Å²) in [7, 11) is 0. The molecule has 0 heterocycles. The van der Waals surface area contributed by atoms with E-state index in [1.54, 1.807) is 0 Å². The zero-order valence-electron chi connectivity index (χ0n) is 11.6. The van der Waals surface area contributed by atoms with Crippen LogP contribution in [0.1, 0.15) is 18.6 Å². The van der Waals surface area contributed by atoms with E-state index in [1.165, 1.54) is 6.92 Å². The summed E-state index contributed by atoms with van der Waals surface area (Å²) in [6, 6.07) is 13.6. The number of carbonyl (C=O) groups excluding carboxylic acids is 1. The molecule has 1 atom stereocenters. The summed E-state index contributed by atoms with van der Waals surface area (Å²) in [6.45, 7) is 1.33. The first-order valence-corrected chi connectivity index (χ1v) is 6.45. The van der Waals surface area contributed by atoms with Crippen LogP contribution in [0.15, 0.2) is 42.5 Å². The number of aliphatic hydroxyl groups is 1. The third kappa shape index (κ3) is 4.38. The van der Waals surface area contributed by atoms with Crippen molar-refractivity contribution >= 4 is 16.7 Å². The number of benzene rings is 2. The molecule has 0 radical (unpaired) electrons. The lowest BCUT2D eigenvalue weighted by Crippen LogP contribution is -1.97. The van der Waals surface area contributed by atoms with Gasteiger partial charge >= 0.3 is 5.97 Å². The zero-order chi connectivity index (χ0) is 15.1. The van der Waals surface area contributed by atoms with Gasteiger partial charge < -0.3 is 9.84 Å². The van der Waals surface area contributed by atoms with Crippen molar-refractivity contribution in [3.05, 3.63) is 48.0 Å². The number of ether oxygens (including phenoxy) is 1. The number of esters is 1. The number of aliphatic hydroxyl groups excluding tert-OH is 1. The van der Waals surface area contributed by atoms with E-state index in [0.717, 1.165) is 16.3 Å². The van der Waals surface area contributed by atoms with Gasteiger partial charge in [-0.2, -0.15) is 0 Å². The predicted octanol–water partition coefficient (Wildman–Crippen LogP) is 2.44. The normalized spacial score (nSPS) is 10.8. The van der Waals surface area contributed by atoms with E-state index in [4.69, 9.17) is 0 Å². The van der Waals surface area contributed by atoms with Crippen LogP contribution >= 0.6 is 0 Å². The van der Waals surface area contributed by atoms with Crippen LogP contribution in [0.3, 0.4) is 0 Å². The van der Waals surface area contributed by atoms with Crippen LogP contribution in [0, 0.1) is 23.7 Å². The van der Waals surface area contributed by atoms with Gasteiger partial charge in [-0.25, -0.2) is 0 Å². The molecule has 1 N–H and O–H groups in total. The van der Waals surface area contributed by atoms with Gasteiger partial charge in [0.2, 0.25) is 0 Å². The van der Waals surface area contributed by atoms with Crippen LogP contribution in [0.4, 0.5) is 0 Å². The number of fused-ring (bicyclic) bond motifs is 1. The van der Waals surface area contributed by atoms with Gasteiger partial charge in [0, 0.05) is 6.92 Å². The van der Waals surface area contributed by atoms with Crippen LogP contribution in [-0.2, 0) is 9.53 Å². The Kier molecular flexibility index (Phi) is 4.99. The molecule has 0 aliphatic heterocycles. The largest absolute Gasteiger partial charge is 0.453 e. The standard InChI is InChI=1S/C18H14O3/c1-14(19)21-12-6-2-3-9-18(20)17-11-10-15-7-4-5-8-16(15)13-17/h4-5,7-8,10-11,13,18,20H,12H2,1H3/t18-/m0/s1. The first-order valence-electron chi connectivity index (χ1n) is 6.45. The van der Waals surface area contributed by atoms with Crippen molar-refractivity contribution in [3.63, 3.8) is 0 Å². The highest BCUT2D eigenvalue weighted by molar-refractivity contribution is 5.83. The van der Waals surface area contributed by atoms with Crippen molar-refractivity contribution < 1.29 is 14.6 Å². The van der Waals surface area contributed by atoms with Crippen LogP contribution in [-0.4, -0.2) is 17.7 Å². The van der Waals surface area contributed by atoms with Gasteiger partial charge in [-0.1, -0.05) is 42.3 Å². The molecule has 0 aromatic heterocycles. The lowest BCUT2D eigenvalue weighted by molar-refractivity contribution is -0.139. The third-order valence-electron chi connectivity index (χ3n) is 2.80. The molecule has 21 heavy (non-hydrogen) atoms. The number of hydrogen-bond acceptors (Lipinski definition) is 3. The summed E-state index contributed by atoms with van der Waals surface area (Å²) in [5.41, 5.74) is 0.725. The minimum Gasteiger partial charge on any atom is -0.453 e. The summed E-state index contributed by atoms with van der Waals surface area (Å²) in [5.74, 6) is 9.92. The average molecular weight is 278 g/mol. The van der Waals surface area contributed by atoms with Crippen LogP contribution < -0.4 is 0 Å². The SMILES string of the molecule is CC(=O)OCC#CC#C[C@H](O)c1ccc2ccccc2c1. The molecule has 0 amide bonds. The Labute approximate surface area is 123 Å². The molecule has 0 spiro atoms. The van der Waals surface area contributed by atoms with Gasteiger partial charge in [-0.3, -0.25) is 4.79 Å². The molecule has 3 nitrogen and oxygen atoms in total. The second-order valence-electron chi connectivity index (χ2n) is 4.36. The van der Waals surface area contributed by atoms with Crippen molar-refractivity contribution in [2.75, 3.05) is 6.61 Å². The molecule has 2 aromatic carbocycles. The van der Waals surface area contributed by atoms with E-state index >= 15 is 0 Å². The third-order valence-corrected chi connectivity index (χ3v) is 2.80. The topological polar surface area (TPSA) is 46.5 Å². The molecule has 0 aliphatic carbocycles. The number of rotatable bonds is 2. The fourth-order valence-electron chi connectivity index (χ4n) is 1.78. The Bertz CT molecular complexity index is 769. The highest BCUT2D eigenvalue weighted by atomic mass is 16.5. The van der Waals surface area contributed by atoms with E-state index in [9.17, 15) is 9.90 Å². The fourth-order valence-corrected chi connectivity index (χ4v) is 1.78. The first-order chi connectivity index (χ1) is 10.2. The Morgan fingerprint density at radius 3 is 2.71 bits per heavy atom. The lowest BCUT2D eigenvalue weighted by Gasteiger charge is -2.05. The molecule has 2 rings (SSSR count). The summed E-state index contributed by atoms with van der Waals surface area (Å²) in [4.78, 5) is 10.5. The van der Waals surface area contributed by atoms with E-state index < -0.39 is 6.10 Å². The van der Waals surface area contributed by atoms with Gasteiger partial charge in [-0.05, 0) is 40.2 Å². The van der Waals surface area contributed by atoms with E-state index in [-0.39, 0.29) is 12.6 Å². The molecular weight excluding hydrogens is 264 g/mol. The maximum atomic E-state index is 10.5. The predicted molar refractivity (Wildman–Crippen MR) is 81.1 cm³/mol. The van der Waals surface area contributed by atoms with Crippen molar-refractivity contribution in [1.29, 1.82) is 0 Å². The molecule has 2 aromatic rings. The fraction of sp³-hybridized carbons (Fsp3) is 0.167. The van der Waals surface area contributed by atoms with Gasteiger partial charge in [0.15, 0.2) is 6.61 Å². The maximum absolute atomic E-state index is 10.5. The van der Waals surface area contributed by atoms with Gasteiger partial charge in [0.05, 0.1) is 0 Å². The Morgan fingerprint density at radius 2 is 1.95 bits per heavy atom. The van der Waals surface area contributed by atoms with Gasteiger partial charge in [-0.15, -0.1) is 0 Å². The van der Waals surface area contributed by atoms with Crippen molar-refractivity contribution in [2.24, 2.45) is 0 Å². The minimum atomic E-state index is -0.891. The Morgan fingerprint density at radius 1 is 1.19 bits per heavy atom. The molecule has 0 saturated heterocycles.